The van der Waals surface area contributed by atoms with Gasteiger partial charge in [-0.25, -0.2) is 0 Å². The first-order valence-electron chi connectivity index (χ1n) is 7.77. The molecule has 4 heteroatoms. The van der Waals surface area contributed by atoms with Gasteiger partial charge in [0, 0.05) is 0 Å². The summed E-state index contributed by atoms with van der Waals surface area (Å²) in [5, 5.41) is 0. The minimum atomic E-state index is -0.395. The average molecular weight is 290 g/mol. The van der Waals surface area contributed by atoms with Crippen molar-refractivity contribution in [1.29, 1.82) is 0 Å². The normalized spacial score (nSPS) is 23.9. The molecule has 2 rings (SSSR count). The fourth-order valence-corrected chi connectivity index (χ4v) is 2.85. The van der Waals surface area contributed by atoms with Crippen LogP contribution >= 0.6 is 0 Å². The largest absolute Gasteiger partial charge is 0.370 e. The second-order valence-corrected chi connectivity index (χ2v) is 5.91. The first-order valence-corrected chi connectivity index (χ1v) is 7.77. The Morgan fingerprint density at radius 3 is 2.86 bits per heavy atom. The summed E-state index contributed by atoms with van der Waals surface area (Å²) in [7, 11) is 0. The SMILES string of the molecule is CCC[C@H](N)C(=O)N1C[C@H](c2ccccc2C)OC[C@@H]1C. The van der Waals surface area contributed by atoms with Crippen LogP contribution in [0.4, 0.5) is 0 Å². The van der Waals surface area contributed by atoms with Crippen LogP contribution in [0.2, 0.25) is 0 Å². The van der Waals surface area contributed by atoms with Crippen LogP contribution in [0.5, 0.6) is 0 Å². The van der Waals surface area contributed by atoms with E-state index in [2.05, 4.69) is 19.1 Å². The lowest BCUT2D eigenvalue weighted by Gasteiger charge is -2.39. The summed E-state index contributed by atoms with van der Waals surface area (Å²) in [4.78, 5) is 14.4. The number of morpholine rings is 1. The van der Waals surface area contributed by atoms with Crippen molar-refractivity contribution in [3.8, 4) is 0 Å². The molecule has 1 aliphatic heterocycles. The molecule has 1 heterocycles. The Balaban J connectivity index is 2.12. The molecule has 0 spiro atoms. The van der Waals surface area contributed by atoms with E-state index in [1.165, 1.54) is 5.56 Å². The lowest BCUT2D eigenvalue weighted by Crippen LogP contribution is -2.53. The molecule has 0 aromatic heterocycles. The van der Waals surface area contributed by atoms with Crippen molar-refractivity contribution in [3.05, 3.63) is 35.4 Å². The monoisotopic (exact) mass is 290 g/mol. The number of ether oxygens (including phenoxy) is 1. The van der Waals surface area contributed by atoms with E-state index in [0.717, 1.165) is 18.4 Å². The lowest BCUT2D eigenvalue weighted by atomic mass is 10.0. The minimum Gasteiger partial charge on any atom is -0.370 e. The standard InChI is InChI=1S/C17H26N2O2/c1-4-7-15(18)17(20)19-10-16(21-11-13(19)3)14-9-6-5-8-12(14)2/h5-6,8-9,13,15-16H,4,7,10-11,18H2,1-3H3/t13-,15-,16+/m0/s1. The van der Waals surface area contributed by atoms with Gasteiger partial charge in [0.15, 0.2) is 0 Å². The molecule has 1 aromatic carbocycles. The molecule has 0 saturated carbocycles. The van der Waals surface area contributed by atoms with Gasteiger partial charge in [-0.3, -0.25) is 4.79 Å². The maximum absolute atomic E-state index is 12.5. The molecule has 1 aliphatic rings. The van der Waals surface area contributed by atoms with Crippen LogP contribution in [0.15, 0.2) is 24.3 Å². The van der Waals surface area contributed by atoms with E-state index in [-0.39, 0.29) is 18.1 Å². The molecular formula is C17H26N2O2. The summed E-state index contributed by atoms with van der Waals surface area (Å²) < 4.78 is 5.94. The number of aryl methyl sites for hydroxylation is 1. The third-order valence-corrected chi connectivity index (χ3v) is 4.17. The van der Waals surface area contributed by atoms with Crippen molar-refractivity contribution in [2.75, 3.05) is 13.2 Å². The van der Waals surface area contributed by atoms with Crippen molar-refractivity contribution in [3.63, 3.8) is 0 Å². The molecule has 1 aromatic rings. The number of nitrogens with two attached hydrogens (primary N) is 1. The Bertz CT molecular complexity index is 489. The number of hydrogen-bond donors (Lipinski definition) is 1. The van der Waals surface area contributed by atoms with E-state index in [1.54, 1.807) is 0 Å². The quantitative estimate of drug-likeness (QED) is 0.926. The molecule has 0 radical (unpaired) electrons. The fraction of sp³-hybridized carbons (Fsp3) is 0.588. The number of benzene rings is 1. The maximum Gasteiger partial charge on any atom is 0.239 e. The summed E-state index contributed by atoms with van der Waals surface area (Å²) in [6.45, 7) is 7.29. The van der Waals surface area contributed by atoms with Crippen molar-refractivity contribution in [2.24, 2.45) is 5.73 Å². The van der Waals surface area contributed by atoms with Gasteiger partial charge in [-0.05, 0) is 31.4 Å². The van der Waals surface area contributed by atoms with Gasteiger partial charge < -0.3 is 15.4 Å². The van der Waals surface area contributed by atoms with Gasteiger partial charge in [-0.1, -0.05) is 37.6 Å². The number of carbonyl (C=O) groups excluding carboxylic acids is 1. The number of carbonyl (C=O) groups is 1. The van der Waals surface area contributed by atoms with E-state index in [1.807, 2.05) is 30.9 Å². The van der Waals surface area contributed by atoms with Crippen LogP contribution in [-0.4, -0.2) is 36.0 Å². The highest BCUT2D eigenvalue weighted by Gasteiger charge is 2.32. The predicted octanol–water partition coefficient (Wildman–Crippen LogP) is 2.41. The van der Waals surface area contributed by atoms with Crippen LogP contribution < -0.4 is 5.73 Å². The van der Waals surface area contributed by atoms with E-state index >= 15 is 0 Å². The molecule has 0 aliphatic carbocycles. The van der Waals surface area contributed by atoms with Crippen LogP contribution in [-0.2, 0) is 9.53 Å². The summed E-state index contributed by atoms with van der Waals surface area (Å²) in [6.07, 6.45) is 1.60. The Labute approximate surface area is 127 Å². The van der Waals surface area contributed by atoms with Crippen LogP contribution in [0.3, 0.4) is 0 Å². The molecule has 1 saturated heterocycles. The van der Waals surface area contributed by atoms with E-state index in [0.29, 0.717) is 13.2 Å². The molecule has 4 nitrogen and oxygen atoms in total. The molecule has 3 atom stereocenters. The Morgan fingerprint density at radius 1 is 1.48 bits per heavy atom. The van der Waals surface area contributed by atoms with Crippen molar-refractivity contribution < 1.29 is 9.53 Å². The van der Waals surface area contributed by atoms with Crippen molar-refractivity contribution in [2.45, 2.75) is 51.8 Å². The molecule has 1 amide bonds. The first-order chi connectivity index (χ1) is 10.0. The molecule has 1 fully saturated rings. The highest BCUT2D eigenvalue weighted by Crippen LogP contribution is 2.27. The van der Waals surface area contributed by atoms with Gasteiger partial charge in [0.1, 0.15) is 6.10 Å². The Kier molecular flexibility index (Phi) is 5.37. The van der Waals surface area contributed by atoms with Crippen molar-refractivity contribution in [1.82, 2.24) is 4.90 Å². The smallest absolute Gasteiger partial charge is 0.239 e. The number of rotatable bonds is 4. The van der Waals surface area contributed by atoms with Gasteiger partial charge >= 0.3 is 0 Å². The van der Waals surface area contributed by atoms with E-state index in [9.17, 15) is 4.79 Å². The zero-order valence-electron chi connectivity index (χ0n) is 13.2. The molecule has 21 heavy (non-hydrogen) atoms. The fourth-order valence-electron chi connectivity index (χ4n) is 2.85. The summed E-state index contributed by atoms with van der Waals surface area (Å²) >= 11 is 0. The summed E-state index contributed by atoms with van der Waals surface area (Å²) in [5.74, 6) is 0.0474. The van der Waals surface area contributed by atoms with Gasteiger partial charge in [-0.2, -0.15) is 0 Å². The van der Waals surface area contributed by atoms with Crippen molar-refractivity contribution >= 4 is 5.91 Å². The first kappa shape index (κ1) is 16.0. The lowest BCUT2D eigenvalue weighted by molar-refractivity contribution is -0.146. The van der Waals surface area contributed by atoms with Crippen LogP contribution in [0.1, 0.15) is 43.9 Å². The zero-order chi connectivity index (χ0) is 15.4. The third-order valence-electron chi connectivity index (χ3n) is 4.17. The van der Waals surface area contributed by atoms with Crippen LogP contribution in [0.25, 0.3) is 0 Å². The molecular weight excluding hydrogens is 264 g/mol. The number of amides is 1. The van der Waals surface area contributed by atoms with E-state index in [4.69, 9.17) is 10.5 Å². The topological polar surface area (TPSA) is 55.6 Å². The third kappa shape index (κ3) is 3.63. The number of nitrogens with zero attached hydrogens (tertiary/aromatic N) is 1. The van der Waals surface area contributed by atoms with E-state index < -0.39 is 6.04 Å². The van der Waals surface area contributed by atoms with Gasteiger partial charge in [0.2, 0.25) is 5.91 Å². The zero-order valence-corrected chi connectivity index (χ0v) is 13.2. The predicted molar refractivity (Wildman–Crippen MR) is 83.9 cm³/mol. The molecule has 0 bridgehead atoms. The Morgan fingerprint density at radius 2 is 2.19 bits per heavy atom. The molecule has 0 unspecified atom stereocenters. The summed E-state index contributed by atoms with van der Waals surface area (Å²) in [5.41, 5.74) is 8.36. The minimum absolute atomic E-state index is 0.0474. The van der Waals surface area contributed by atoms with Gasteiger partial charge in [-0.15, -0.1) is 0 Å². The molecule has 2 N–H and O–H groups in total. The Hall–Kier alpha value is -1.39. The van der Waals surface area contributed by atoms with Gasteiger partial charge in [0.25, 0.3) is 0 Å². The van der Waals surface area contributed by atoms with Gasteiger partial charge in [0.05, 0.1) is 25.2 Å². The molecule has 116 valence electrons. The second kappa shape index (κ2) is 7.05. The highest BCUT2D eigenvalue weighted by atomic mass is 16.5. The summed E-state index contributed by atoms with van der Waals surface area (Å²) in [6, 6.07) is 7.87. The van der Waals surface area contributed by atoms with Crippen LogP contribution in [0, 0.1) is 6.92 Å². The second-order valence-electron chi connectivity index (χ2n) is 5.91. The highest BCUT2D eigenvalue weighted by molar-refractivity contribution is 5.82. The number of hydrogen-bond acceptors (Lipinski definition) is 3. The average Bonchev–Trinajstić information content (AvgIpc) is 2.48. The maximum atomic E-state index is 12.5.